The van der Waals surface area contributed by atoms with E-state index in [0.717, 1.165) is 0 Å². The Hall–Kier alpha value is -2.31. The van der Waals surface area contributed by atoms with E-state index in [1.165, 1.54) is 18.2 Å². The van der Waals surface area contributed by atoms with E-state index < -0.39 is 11.9 Å². The highest BCUT2D eigenvalue weighted by Crippen LogP contribution is 2.11. The van der Waals surface area contributed by atoms with Crippen molar-refractivity contribution >= 4 is 11.9 Å². The average Bonchev–Trinajstić information content (AvgIpc) is 2.34. The maximum Gasteiger partial charge on any atom is 0.314 e. The highest BCUT2D eigenvalue weighted by Gasteiger charge is 2.01. The second-order valence-corrected chi connectivity index (χ2v) is 3.70. The maximum absolute atomic E-state index is 12.8. The summed E-state index contributed by atoms with van der Waals surface area (Å²) in [6.07, 6.45) is 0.0905. The van der Waals surface area contributed by atoms with Gasteiger partial charge in [-0.05, 0) is 12.1 Å². The number of hydrogen-bond acceptors (Lipinski definition) is 3. The Morgan fingerprint density at radius 3 is 2.68 bits per heavy atom. The lowest BCUT2D eigenvalue weighted by molar-refractivity contribution is -0.117. The number of ether oxygens (including phenoxy) is 1. The molecule has 0 spiro atoms. The zero-order valence-corrected chi connectivity index (χ0v) is 10.3. The lowest BCUT2D eigenvalue weighted by atomic mass is 10.3. The van der Waals surface area contributed by atoms with Crippen LogP contribution in [0, 0.1) is 5.82 Å². The third-order valence-electron chi connectivity index (χ3n) is 2.11. The van der Waals surface area contributed by atoms with Crippen molar-refractivity contribution in [1.82, 2.24) is 10.6 Å². The fraction of sp³-hybridized carbons (Fsp3) is 0.333. The van der Waals surface area contributed by atoms with Crippen LogP contribution in [0.3, 0.4) is 0 Å². The molecule has 104 valence electrons. The fourth-order valence-electron chi connectivity index (χ4n) is 1.25. The summed E-state index contributed by atoms with van der Waals surface area (Å²) in [4.78, 5) is 21.6. The molecule has 7 heteroatoms. The van der Waals surface area contributed by atoms with Gasteiger partial charge in [-0.1, -0.05) is 6.07 Å². The van der Waals surface area contributed by atoms with Crippen molar-refractivity contribution in [3.63, 3.8) is 0 Å². The fourth-order valence-corrected chi connectivity index (χ4v) is 1.25. The molecule has 0 heterocycles. The summed E-state index contributed by atoms with van der Waals surface area (Å²) in [7, 11) is 0. The molecule has 0 aromatic heterocycles. The van der Waals surface area contributed by atoms with Crippen molar-refractivity contribution in [3.05, 3.63) is 30.1 Å². The Bertz CT molecular complexity index is 440. The van der Waals surface area contributed by atoms with Crippen LogP contribution in [0.25, 0.3) is 0 Å². The first kappa shape index (κ1) is 14.7. The maximum atomic E-state index is 12.8. The summed E-state index contributed by atoms with van der Waals surface area (Å²) < 4.78 is 18.0. The quantitative estimate of drug-likeness (QED) is 0.625. The molecule has 19 heavy (non-hydrogen) atoms. The molecular weight excluding hydrogens is 253 g/mol. The standard InChI is InChI=1S/C12H16FN3O3/c13-9-2-1-3-10(8-9)19-7-6-16-12(18)15-5-4-11(14)17/h1-3,8H,4-7H2,(H2,14,17)(H2,15,16,18). The summed E-state index contributed by atoms with van der Waals surface area (Å²) in [6.45, 7) is 0.664. The molecule has 1 rings (SSSR count). The number of carbonyl (C=O) groups excluding carboxylic acids is 2. The molecule has 0 aliphatic carbocycles. The molecular formula is C12H16FN3O3. The Labute approximate surface area is 110 Å². The Balaban J connectivity index is 2.10. The van der Waals surface area contributed by atoms with E-state index in [1.54, 1.807) is 6.07 Å². The predicted octanol–water partition coefficient (Wildman–Crippen LogP) is 0.379. The van der Waals surface area contributed by atoms with Gasteiger partial charge in [-0.25, -0.2) is 9.18 Å². The third kappa shape index (κ3) is 6.87. The normalized spacial score (nSPS) is 9.74. The number of amides is 3. The van der Waals surface area contributed by atoms with Crippen molar-refractivity contribution < 1.29 is 18.7 Å². The van der Waals surface area contributed by atoms with Crippen LogP contribution in [0.1, 0.15) is 6.42 Å². The summed E-state index contributed by atoms with van der Waals surface area (Å²) >= 11 is 0. The molecule has 0 radical (unpaired) electrons. The van der Waals surface area contributed by atoms with E-state index in [4.69, 9.17) is 10.5 Å². The number of carbonyl (C=O) groups is 2. The average molecular weight is 269 g/mol. The van der Waals surface area contributed by atoms with Gasteiger partial charge in [0.1, 0.15) is 18.2 Å². The van der Waals surface area contributed by atoms with Crippen LogP contribution in [-0.2, 0) is 4.79 Å². The Morgan fingerprint density at radius 1 is 1.26 bits per heavy atom. The first-order valence-electron chi connectivity index (χ1n) is 5.76. The topological polar surface area (TPSA) is 93.5 Å². The molecule has 1 aromatic carbocycles. The van der Waals surface area contributed by atoms with Crippen LogP contribution in [0.15, 0.2) is 24.3 Å². The van der Waals surface area contributed by atoms with Crippen LogP contribution in [0.2, 0.25) is 0 Å². The van der Waals surface area contributed by atoms with Gasteiger partial charge in [-0.3, -0.25) is 4.79 Å². The minimum absolute atomic E-state index is 0.0905. The molecule has 0 saturated carbocycles. The molecule has 0 saturated heterocycles. The van der Waals surface area contributed by atoms with Gasteiger partial charge in [0.2, 0.25) is 5.91 Å². The van der Waals surface area contributed by atoms with E-state index in [9.17, 15) is 14.0 Å². The van der Waals surface area contributed by atoms with Crippen molar-refractivity contribution in [3.8, 4) is 5.75 Å². The molecule has 0 aliphatic heterocycles. The first-order chi connectivity index (χ1) is 9.08. The van der Waals surface area contributed by atoms with Crippen LogP contribution >= 0.6 is 0 Å². The van der Waals surface area contributed by atoms with Crippen LogP contribution in [0.4, 0.5) is 9.18 Å². The van der Waals surface area contributed by atoms with E-state index in [2.05, 4.69) is 10.6 Å². The lowest BCUT2D eigenvalue weighted by Crippen LogP contribution is -2.39. The monoisotopic (exact) mass is 269 g/mol. The minimum atomic E-state index is -0.477. The molecule has 1 aromatic rings. The largest absolute Gasteiger partial charge is 0.492 e. The van der Waals surface area contributed by atoms with Crippen molar-refractivity contribution in [1.29, 1.82) is 0 Å². The zero-order chi connectivity index (χ0) is 14.1. The van der Waals surface area contributed by atoms with Crippen LogP contribution in [-0.4, -0.2) is 31.6 Å². The molecule has 0 fully saturated rings. The number of halogens is 1. The van der Waals surface area contributed by atoms with Gasteiger partial charge < -0.3 is 21.1 Å². The molecule has 4 N–H and O–H groups in total. The number of rotatable bonds is 7. The molecule has 0 atom stereocenters. The van der Waals surface area contributed by atoms with Gasteiger partial charge in [0.15, 0.2) is 0 Å². The lowest BCUT2D eigenvalue weighted by Gasteiger charge is -2.08. The number of primary amides is 1. The van der Waals surface area contributed by atoms with E-state index in [-0.39, 0.29) is 31.9 Å². The van der Waals surface area contributed by atoms with Crippen LogP contribution in [0.5, 0.6) is 5.75 Å². The minimum Gasteiger partial charge on any atom is -0.492 e. The SMILES string of the molecule is NC(=O)CCNC(=O)NCCOc1cccc(F)c1. The third-order valence-corrected chi connectivity index (χ3v) is 2.11. The predicted molar refractivity (Wildman–Crippen MR) is 67.1 cm³/mol. The summed E-state index contributed by atoms with van der Waals surface area (Å²) in [5, 5.41) is 4.98. The number of nitrogens with two attached hydrogens (primary N) is 1. The summed E-state index contributed by atoms with van der Waals surface area (Å²) in [6, 6.07) is 5.32. The zero-order valence-electron chi connectivity index (χ0n) is 10.3. The molecule has 0 unspecified atom stereocenters. The van der Waals surface area contributed by atoms with Crippen molar-refractivity contribution in [2.75, 3.05) is 19.7 Å². The van der Waals surface area contributed by atoms with E-state index in [0.29, 0.717) is 5.75 Å². The van der Waals surface area contributed by atoms with E-state index in [1.807, 2.05) is 0 Å². The number of hydrogen-bond donors (Lipinski definition) is 3. The van der Waals surface area contributed by atoms with Gasteiger partial charge in [0.25, 0.3) is 0 Å². The number of benzene rings is 1. The van der Waals surface area contributed by atoms with Crippen molar-refractivity contribution in [2.45, 2.75) is 6.42 Å². The molecule has 6 nitrogen and oxygen atoms in total. The van der Waals surface area contributed by atoms with Crippen LogP contribution < -0.4 is 21.1 Å². The second-order valence-electron chi connectivity index (χ2n) is 3.70. The number of urea groups is 1. The van der Waals surface area contributed by atoms with Gasteiger partial charge in [-0.15, -0.1) is 0 Å². The molecule has 0 bridgehead atoms. The van der Waals surface area contributed by atoms with E-state index >= 15 is 0 Å². The molecule has 3 amide bonds. The summed E-state index contributed by atoms with van der Waals surface area (Å²) in [5.74, 6) is -0.458. The molecule has 0 aliphatic rings. The Morgan fingerprint density at radius 2 is 2.00 bits per heavy atom. The first-order valence-corrected chi connectivity index (χ1v) is 5.76. The smallest absolute Gasteiger partial charge is 0.314 e. The number of nitrogens with one attached hydrogen (secondary N) is 2. The van der Waals surface area contributed by atoms with Gasteiger partial charge in [0, 0.05) is 19.0 Å². The highest BCUT2D eigenvalue weighted by molar-refractivity contribution is 5.76. The second kappa shape index (κ2) is 7.91. The Kier molecular flexibility index (Phi) is 6.14. The summed E-state index contributed by atoms with van der Waals surface area (Å²) in [5.41, 5.74) is 4.92. The van der Waals surface area contributed by atoms with Gasteiger partial charge in [-0.2, -0.15) is 0 Å². The van der Waals surface area contributed by atoms with Gasteiger partial charge >= 0.3 is 6.03 Å². The van der Waals surface area contributed by atoms with Crippen molar-refractivity contribution in [2.24, 2.45) is 5.73 Å². The van der Waals surface area contributed by atoms with Gasteiger partial charge in [0.05, 0.1) is 6.54 Å². The highest BCUT2D eigenvalue weighted by atomic mass is 19.1.